The number of fused-ring (bicyclic) bond motifs is 1. The molecule has 0 radical (unpaired) electrons. The molecule has 6 heteroatoms. The molecule has 110 valence electrons. The van der Waals surface area contributed by atoms with Crippen LogP contribution in [-0.2, 0) is 11.2 Å². The minimum absolute atomic E-state index is 0.104. The number of aliphatic hydroxyl groups is 1. The zero-order valence-electron chi connectivity index (χ0n) is 11.2. The second kappa shape index (κ2) is 5.51. The van der Waals surface area contributed by atoms with Crippen LogP contribution in [0.4, 0.5) is 10.1 Å². The van der Waals surface area contributed by atoms with Gasteiger partial charge in [-0.3, -0.25) is 4.79 Å². The predicted molar refractivity (Wildman–Crippen MR) is 84.2 cm³/mol. The minimum Gasteiger partial charge on any atom is -0.383 e. The van der Waals surface area contributed by atoms with Gasteiger partial charge >= 0.3 is 0 Å². The molecule has 21 heavy (non-hydrogen) atoms. The van der Waals surface area contributed by atoms with E-state index in [2.05, 4.69) is 21.2 Å². The van der Waals surface area contributed by atoms with Crippen molar-refractivity contribution in [2.45, 2.75) is 25.9 Å². The first-order valence-electron chi connectivity index (χ1n) is 6.52. The Morgan fingerprint density at radius 2 is 2.14 bits per heavy atom. The van der Waals surface area contributed by atoms with E-state index in [1.54, 1.807) is 6.07 Å². The number of amides is 1. The van der Waals surface area contributed by atoms with Crippen LogP contribution in [0.1, 0.15) is 34.1 Å². The Morgan fingerprint density at radius 3 is 2.81 bits per heavy atom. The topological polar surface area (TPSA) is 49.3 Å². The van der Waals surface area contributed by atoms with Crippen molar-refractivity contribution in [1.82, 2.24) is 0 Å². The summed E-state index contributed by atoms with van der Waals surface area (Å²) in [4.78, 5) is 12.0. The van der Waals surface area contributed by atoms with E-state index < -0.39 is 11.9 Å². The van der Waals surface area contributed by atoms with Crippen LogP contribution in [0, 0.1) is 12.7 Å². The largest absolute Gasteiger partial charge is 0.383 e. The summed E-state index contributed by atoms with van der Waals surface area (Å²) >= 11 is 4.80. The van der Waals surface area contributed by atoms with Crippen LogP contribution in [0.2, 0.25) is 0 Å². The average Bonchev–Trinajstić information content (AvgIpc) is 2.77. The van der Waals surface area contributed by atoms with Crippen LogP contribution in [0.3, 0.4) is 0 Å². The van der Waals surface area contributed by atoms with Crippen molar-refractivity contribution in [3.05, 3.63) is 49.4 Å². The Kier molecular flexibility index (Phi) is 3.86. The second-order valence-corrected chi connectivity index (χ2v) is 7.49. The molecule has 1 aromatic carbocycles. The summed E-state index contributed by atoms with van der Waals surface area (Å²) in [6.07, 6.45) is -0.0467. The van der Waals surface area contributed by atoms with Crippen molar-refractivity contribution in [1.29, 1.82) is 0 Å². The van der Waals surface area contributed by atoms with E-state index in [1.807, 2.05) is 13.0 Å². The smallest absolute Gasteiger partial charge is 0.224 e. The third-order valence-electron chi connectivity index (χ3n) is 3.56. The zero-order valence-corrected chi connectivity index (χ0v) is 13.6. The highest BCUT2D eigenvalue weighted by molar-refractivity contribution is 9.11. The van der Waals surface area contributed by atoms with Gasteiger partial charge in [0.1, 0.15) is 11.9 Å². The summed E-state index contributed by atoms with van der Waals surface area (Å²) in [5.41, 5.74) is 2.62. The lowest BCUT2D eigenvalue weighted by Gasteiger charge is -2.19. The van der Waals surface area contributed by atoms with Gasteiger partial charge in [-0.15, -0.1) is 11.3 Å². The summed E-state index contributed by atoms with van der Waals surface area (Å²) in [5.74, 6) is -0.612. The normalized spacial score (nSPS) is 15.5. The molecule has 0 saturated carbocycles. The number of rotatable bonds is 2. The molecule has 1 aromatic heterocycles. The first-order valence-corrected chi connectivity index (χ1v) is 8.12. The molecule has 3 nitrogen and oxygen atoms in total. The number of aliphatic hydroxyl groups excluding tert-OH is 1. The minimum atomic E-state index is -0.997. The van der Waals surface area contributed by atoms with E-state index in [0.29, 0.717) is 23.4 Å². The highest BCUT2D eigenvalue weighted by Gasteiger charge is 2.23. The summed E-state index contributed by atoms with van der Waals surface area (Å²) in [7, 11) is 0. The Labute approximate surface area is 133 Å². The van der Waals surface area contributed by atoms with Crippen molar-refractivity contribution in [2.24, 2.45) is 0 Å². The molecule has 3 rings (SSSR count). The Bertz CT molecular complexity index is 709. The van der Waals surface area contributed by atoms with Gasteiger partial charge < -0.3 is 10.4 Å². The molecule has 2 heterocycles. The van der Waals surface area contributed by atoms with E-state index in [1.165, 1.54) is 17.4 Å². The third kappa shape index (κ3) is 2.75. The van der Waals surface area contributed by atoms with E-state index in [0.717, 1.165) is 14.9 Å². The lowest BCUT2D eigenvalue weighted by molar-refractivity contribution is -0.116. The number of carbonyl (C=O) groups is 1. The first kappa shape index (κ1) is 14.7. The number of aryl methyl sites for hydroxylation is 2. The van der Waals surface area contributed by atoms with E-state index >= 15 is 0 Å². The number of nitrogens with one attached hydrogen (secondary N) is 1. The van der Waals surface area contributed by atoms with Gasteiger partial charge in [-0.2, -0.15) is 0 Å². The molecular formula is C15H13BrFNO2S. The summed E-state index contributed by atoms with van der Waals surface area (Å²) in [6.45, 7) is 1.93. The van der Waals surface area contributed by atoms with Crippen molar-refractivity contribution in [3.8, 4) is 0 Å². The Balaban J connectivity index is 2.00. The third-order valence-corrected chi connectivity index (χ3v) is 5.75. The fourth-order valence-corrected chi connectivity index (χ4v) is 3.98. The SMILES string of the molecule is Cc1cc(C(O)c2cc3c(cc2F)NC(=O)CC3)sc1Br. The molecule has 2 aromatic rings. The Hall–Kier alpha value is -1.24. The molecular weight excluding hydrogens is 357 g/mol. The van der Waals surface area contributed by atoms with Crippen LogP contribution < -0.4 is 5.32 Å². The lowest BCUT2D eigenvalue weighted by atomic mass is 9.97. The van der Waals surface area contributed by atoms with Crippen molar-refractivity contribution in [2.75, 3.05) is 5.32 Å². The predicted octanol–water partition coefficient (Wildman–Crippen LogP) is 3.92. The van der Waals surface area contributed by atoms with Crippen molar-refractivity contribution < 1.29 is 14.3 Å². The van der Waals surface area contributed by atoms with E-state index in [4.69, 9.17) is 0 Å². The lowest BCUT2D eigenvalue weighted by Crippen LogP contribution is -2.19. The fraction of sp³-hybridized carbons (Fsp3) is 0.267. The maximum Gasteiger partial charge on any atom is 0.224 e. The van der Waals surface area contributed by atoms with Gasteiger partial charge in [0.05, 0.1) is 3.79 Å². The number of anilines is 1. The number of halogens is 2. The molecule has 1 atom stereocenters. The molecule has 0 aliphatic carbocycles. The highest BCUT2D eigenvalue weighted by atomic mass is 79.9. The molecule has 1 aliphatic rings. The number of carbonyl (C=O) groups excluding carboxylic acids is 1. The van der Waals surface area contributed by atoms with E-state index in [9.17, 15) is 14.3 Å². The van der Waals surface area contributed by atoms with Crippen LogP contribution >= 0.6 is 27.3 Å². The number of thiophene rings is 1. The van der Waals surface area contributed by atoms with Gasteiger partial charge in [0.25, 0.3) is 0 Å². The van der Waals surface area contributed by atoms with Gasteiger partial charge in [-0.25, -0.2) is 4.39 Å². The van der Waals surface area contributed by atoms with Crippen LogP contribution in [0.5, 0.6) is 0 Å². The maximum absolute atomic E-state index is 14.2. The van der Waals surface area contributed by atoms with Gasteiger partial charge in [0.2, 0.25) is 5.91 Å². The molecule has 1 amide bonds. The molecule has 0 spiro atoms. The van der Waals surface area contributed by atoms with Gasteiger partial charge in [0, 0.05) is 22.5 Å². The summed E-state index contributed by atoms with van der Waals surface area (Å²) < 4.78 is 15.2. The maximum atomic E-state index is 14.2. The summed E-state index contributed by atoms with van der Waals surface area (Å²) in [6, 6.07) is 4.79. The average molecular weight is 370 g/mol. The number of benzene rings is 1. The Morgan fingerprint density at radius 1 is 1.38 bits per heavy atom. The van der Waals surface area contributed by atoms with E-state index in [-0.39, 0.29) is 11.5 Å². The van der Waals surface area contributed by atoms with Crippen molar-refractivity contribution >= 4 is 38.9 Å². The monoisotopic (exact) mass is 369 g/mol. The first-order chi connectivity index (χ1) is 9.95. The van der Waals surface area contributed by atoms with Gasteiger partial charge in [-0.05, 0) is 58.6 Å². The van der Waals surface area contributed by atoms with Gasteiger partial charge in [0.15, 0.2) is 0 Å². The van der Waals surface area contributed by atoms with Crippen LogP contribution in [0.25, 0.3) is 0 Å². The van der Waals surface area contributed by atoms with Crippen molar-refractivity contribution in [3.63, 3.8) is 0 Å². The zero-order chi connectivity index (χ0) is 15.1. The number of hydrogen-bond acceptors (Lipinski definition) is 3. The second-order valence-electron chi connectivity index (χ2n) is 5.09. The molecule has 0 bridgehead atoms. The number of hydrogen-bond donors (Lipinski definition) is 2. The highest BCUT2D eigenvalue weighted by Crippen LogP contribution is 2.37. The quantitative estimate of drug-likeness (QED) is 0.842. The molecule has 2 N–H and O–H groups in total. The standard InChI is InChI=1S/C15H13BrFNO2S/c1-7-4-12(21-15(7)16)14(20)9-5-8-2-3-13(19)18-11(8)6-10(9)17/h4-6,14,20H,2-3H2,1H3,(H,18,19). The summed E-state index contributed by atoms with van der Waals surface area (Å²) in [5, 5.41) is 13.1. The van der Waals surface area contributed by atoms with Crippen LogP contribution in [-0.4, -0.2) is 11.0 Å². The molecule has 0 saturated heterocycles. The molecule has 1 unspecified atom stereocenters. The van der Waals surface area contributed by atoms with Crippen LogP contribution in [0.15, 0.2) is 22.0 Å². The fourth-order valence-electron chi connectivity index (χ4n) is 2.40. The molecule has 0 fully saturated rings. The van der Waals surface area contributed by atoms with Gasteiger partial charge in [-0.1, -0.05) is 0 Å². The molecule has 1 aliphatic heterocycles.